The summed E-state index contributed by atoms with van der Waals surface area (Å²) in [6.45, 7) is 8.90. The minimum Gasteiger partial charge on any atom is -0.299 e. The molecule has 5 rings (SSSR count). The third-order valence-corrected chi connectivity index (χ3v) is 5.98. The Kier molecular flexibility index (Phi) is 3.30. The first-order chi connectivity index (χ1) is 10.7. The van der Waals surface area contributed by atoms with E-state index in [2.05, 4.69) is 59.8 Å². The quantitative estimate of drug-likeness (QED) is 0.793. The SMILES string of the molecule is C=CC1(C)CN2CCC1CC2Cc1ccnc2ccccc12. The van der Waals surface area contributed by atoms with E-state index in [9.17, 15) is 0 Å². The monoisotopic (exact) mass is 292 g/mol. The topological polar surface area (TPSA) is 16.1 Å². The molecule has 4 unspecified atom stereocenters. The third kappa shape index (κ3) is 2.17. The minimum absolute atomic E-state index is 0.315. The van der Waals surface area contributed by atoms with Gasteiger partial charge in [0.25, 0.3) is 0 Å². The van der Waals surface area contributed by atoms with Crippen LogP contribution >= 0.6 is 0 Å². The van der Waals surface area contributed by atoms with E-state index in [1.54, 1.807) is 0 Å². The molecule has 3 aliphatic heterocycles. The lowest BCUT2D eigenvalue weighted by atomic mass is 9.65. The van der Waals surface area contributed by atoms with Gasteiger partial charge in [0.2, 0.25) is 0 Å². The van der Waals surface area contributed by atoms with Gasteiger partial charge in [0.1, 0.15) is 0 Å². The highest BCUT2D eigenvalue weighted by atomic mass is 15.2. The normalized spacial score (nSPS) is 34.0. The maximum atomic E-state index is 4.49. The van der Waals surface area contributed by atoms with Gasteiger partial charge in [0, 0.05) is 29.6 Å². The predicted molar refractivity (Wildman–Crippen MR) is 91.8 cm³/mol. The Morgan fingerprint density at radius 1 is 1.36 bits per heavy atom. The molecule has 2 nitrogen and oxygen atoms in total. The standard InChI is InChI=1S/C20H24N2/c1-3-20(2)14-22-11-9-16(20)13-17(22)12-15-8-10-21-19-7-5-4-6-18(15)19/h3-8,10,16-17H,1,9,11-14H2,2H3. The van der Waals surface area contributed by atoms with E-state index >= 15 is 0 Å². The molecule has 0 spiro atoms. The van der Waals surface area contributed by atoms with Crippen molar-refractivity contribution in [3.05, 3.63) is 54.7 Å². The lowest BCUT2D eigenvalue weighted by molar-refractivity contribution is -0.0288. The summed E-state index contributed by atoms with van der Waals surface area (Å²) in [6.07, 6.45) is 7.94. The maximum Gasteiger partial charge on any atom is 0.0704 e. The summed E-state index contributed by atoms with van der Waals surface area (Å²) < 4.78 is 0. The Morgan fingerprint density at radius 2 is 2.23 bits per heavy atom. The zero-order valence-electron chi connectivity index (χ0n) is 13.3. The predicted octanol–water partition coefficient (Wildman–Crippen LogP) is 4.06. The van der Waals surface area contributed by atoms with Crippen LogP contribution in [-0.4, -0.2) is 29.0 Å². The molecule has 22 heavy (non-hydrogen) atoms. The van der Waals surface area contributed by atoms with Crippen LogP contribution in [0.1, 0.15) is 25.3 Å². The van der Waals surface area contributed by atoms with Crippen molar-refractivity contribution < 1.29 is 0 Å². The number of hydrogen-bond donors (Lipinski definition) is 0. The van der Waals surface area contributed by atoms with Gasteiger partial charge in [-0.3, -0.25) is 9.88 Å². The van der Waals surface area contributed by atoms with Crippen molar-refractivity contribution >= 4 is 10.9 Å². The Labute approximate surface area is 132 Å². The van der Waals surface area contributed by atoms with E-state index in [0.717, 1.165) is 17.9 Å². The fourth-order valence-electron chi connectivity index (χ4n) is 4.50. The van der Waals surface area contributed by atoms with Crippen LogP contribution in [0.2, 0.25) is 0 Å². The minimum atomic E-state index is 0.315. The van der Waals surface area contributed by atoms with Crippen molar-refractivity contribution in [2.75, 3.05) is 13.1 Å². The fourth-order valence-corrected chi connectivity index (χ4v) is 4.50. The second kappa shape index (κ2) is 5.20. The molecule has 2 heteroatoms. The van der Waals surface area contributed by atoms with Crippen molar-refractivity contribution in [3.63, 3.8) is 0 Å². The van der Waals surface area contributed by atoms with E-state index in [-0.39, 0.29) is 0 Å². The van der Waals surface area contributed by atoms with Crippen LogP contribution in [0.25, 0.3) is 10.9 Å². The number of para-hydroxylation sites is 1. The molecule has 3 saturated heterocycles. The number of rotatable bonds is 3. The van der Waals surface area contributed by atoms with Gasteiger partial charge in [-0.1, -0.05) is 31.2 Å². The number of benzene rings is 1. The lowest BCUT2D eigenvalue weighted by Gasteiger charge is -2.54. The molecule has 0 saturated carbocycles. The van der Waals surface area contributed by atoms with Gasteiger partial charge in [-0.15, -0.1) is 6.58 Å². The van der Waals surface area contributed by atoms with Gasteiger partial charge < -0.3 is 0 Å². The summed E-state index contributed by atoms with van der Waals surface area (Å²) in [6, 6.07) is 11.4. The molecule has 2 aromatic rings. The van der Waals surface area contributed by atoms with Crippen molar-refractivity contribution in [1.29, 1.82) is 0 Å². The molecule has 3 fully saturated rings. The molecule has 4 heterocycles. The number of fused-ring (bicyclic) bond motifs is 4. The summed E-state index contributed by atoms with van der Waals surface area (Å²) in [5.74, 6) is 0.799. The van der Waals surface area contributed by atoms with Crippen LogP contribution in [0, 0.1) is 11.3 Å². The number of aromatic nitrogens is 1. The largest absolute Gasteiger partial charge is 0.299 e. The fraction of sp³-hybridized carbons (Fsp3) is 0.450. The third-order valence-electron chi connectivity index (χ3n) is 5.98. The number of piperidine rings is 3. The highest BCUT2D eigenvalue weighted by Crippen LogP contribution is 2.46. The molecule has 4 atom stereocenters. The van der Waals surface area contributed by atoms with Gasteiger partial charge in [-0.2, -0.15) is 0 Å². The van der Waals surface area contributed by atoms with E-state index in [1.807, 2.05) is 6.20 Å². The van der Waals surface area contributed by atoms with Crippen LogP contribution in [0.15, 0.2) is 49.2 Å². The molecule has 0 amide bonds. The Bertz CT molecular complexity index is 702. The summed E-state index contributed by atoms with van der Waals surface area (Å²) in [5, 5.41) is 1.32. The first-order valence-corrected chi connectivity index (χ1v) is 8.40. The maximum absolute atomic E-state index is 4.49. The average Bonchev–Trinajstić information content (AvgIpc) is 2.56. The molecule has 0 N–H and O–H groups in total. The highest BCUT2D eigenvalue weighted by Gasteiger charge is 2.45. The molecule has 2 bridgehead atoms. The van der Waals surface area contributed by atoms with E-state index in [0.29, 0.717) is 11.5 Å². The van der Waals surface area contributed by atoms with Crippen molar-refractivity contribution in [1.82, 2.24) is 9.88 Å². The molecular weight excluding hydrogens is 268 g/mol. The van der Waals surface area contributed by atoms with Crippen LogP contribution in [0.3, 0.4) is 0 Å². The number of hydrogen-bond acceptors (Lipinski definition) is 2. The highest BCUT2D eigenvalue weighted by molar-refractivity contribution is 5.81. The van der Waals surface area contributed by atoms with Crippen LogP contribution in [0.5, 0.6) is 0 Å². The van der Waals surface area contributed by atoms with Crippen molar-refractivity contribution in [2.45, 2.75) is 32.2 Å². The van der Waals surface area contributed by atoms with Crippen molar-refractivity contribution in [2.24, 2.45) is 11.3 Å². The lowest BCUT2D eigenvalue weighted by Crippen LogP contribution is -2.57. The number of pyridine rings is 1. The first-order valence-electron chi connectivity index (χ1n) is 8.40. The Hall–Kier alpha value is -1.67. The zero-order chi connectivity index (χ0) is 15.2. The Balaban J connectivity index is 1.61. The molecule has 3 aliphatic rings. The molecule has 0 radical (unpaired) electrons. The summed E-state index contributed by atoms with van der Waals surface area (Å²) in [4.78, 5) is 7.18. The second-order valence-corrected chi connectivity index (χ2v) is 7.25. The molecular formula is C20H24N2. The summed E-state index contributed by atoms with van der Waals surface area (Å²) in [7, 11) is 0. The van der Waals surface area contributed by atoms with Crippen LogP contribution in [0.4, 0.5) is 0 Å². The molecule has 1 aromatic carbocycles. The van der Waals surface area contributed by atoms with E-state index in [4.69, 9.17) is 0 Å². The zero-order valence-corrected chi connectivity index (χ0v) is 13.3. The van der Waals surface area contributed by atoms with Gasteiger partial charge in [0.15, 0.2) is 0 Å². The smallest absolute Gasteiger partial charge is 0.0704 e. The number of nitrogens with zero attached hydrogens (tertiary/aromatic N) is 2. The van der Waals surface area contributed by atoms with Crippen molar-refractivity contribution in [3.8, 4) is 0 Å². The van der Waals surface area contributed by atoms with Gasteiger partial charge >= 0.3 is 0 Å². The summed E-state index contributed by atoms with van der Waals surface area (Å²) in [5.41, 5.74) is 2.88. The second-order valence-electron chi connectivity index (χ2n) is 7.25. The van der Waals surface area contributed by atoms with Gasteiger partial charge in [0.05, 0.1) is 5.52 Å². The van der Waals surface area contributed by atoms with Crippen LogP contribution in [-0.2, 0) is 6.42 Å². The Morgan fingerprint density at radius 3 is 3.00 bits per heavy atom. The first kappa shape index (κ1) is 14.0. The van der Waals surface area contributed by atoms with Gasteiger partial charge in [-0.05, 0) is 49.4 Å². The molecule has 1 aromatic heterocycles. The molecule has 114 valence electrons. The summed E-state index contributed by atoms with van der Waals surface area (Å²) >= 11 is 0. The average molecular weight is 292 g/mol. The van der Waals surface area contributed by atoms with E-state index in [1.165, 1.54) is 36.9 Å². The van der Waals surface area contributed by atoms with Crippen LogP contribution < -0.4 is 0 Å². The van der Waals surface area contributed by atoms with E-state index < -0.39 is 0 Å². The van der Waals surface area contributed by atoms with Gasteiger partial charge in [-0.25, -0.2) is 0 Å². The molecule has 0 aliphatic carbocycles.